The third-order valence-corrected chi connectivity index (χ3v) is 7.97. The summed E-state index contributed by atoms with van der Waals surface area (Å²) in [7, 11) is 0. The second-order valence-electron chi connectivity index (χ2n) is 9.82. The lowest BCUT2D eigenvalue weighted by molar-refractivity contribution is -0.116. The molecule has 35 heavy (non-hydrogen) atoms. The maximum Gasteiger partial charge on any atom is 0.225 e. The number of nitrogens with zero attached hydrogens (tertiary/aromatic N) is 4. The van der Waals surface area contributed by atoms with E-state index in [1.807, 2.05) is 24.3 Å². The Labute approximate surface area is 219 Å². The first-order chi connectivity index (χ1) is 16.8. The van der Waals surface area contributed by atoms with Gasteiger partial charge in [0, 0.05) is 82.7 Å². The topological polar surface area (TPSA) is 42.1 Å². The molecule has 0 radical (unpaired) electrons. The molecule has 190 valence electrons. The first kappa shape index (κ1) is 26.1. The highest BCUT2D eigenvalue weighted by molar-refractivity contribution is 6.43. The van der Waals surface area contributed by atoms with E-state index in [1.165, 1.54) is 11.3 Å². The summed E-state index contributed by atoms with van der Waals surface area (Å²) in [6.45, 7) is 15.2. The maximum atomic E-state index is 12.6. The molecule has 0 bridgehead atoms. The maximum absolute atomic E-state index is 12.6. The van der Waals surface area contributed by atoms with Crippen molar-refractivity contribution in [3.8, 4) is 0 Å². The molecule has 1 amide bonds. The van der Waals surface area contributed by atoms with E-state index in [4.69, 9.17) is 23.2 Å². The Kier molecular flexibility index (Phi) is 8.82. The smallest absolute Gasteiger partial charge is 0.225 e. The molecule has 0 aromatic heterocycles. The van der Waals surface area contributed by atoms with Crippen LogP contribution in [0.1, 0.15) is 25.8 Å². The van der Waals surface area contributed by atoms with E-state index in [0.29, 0.717) is 22.5 Å². The number of amides is 1. The van der Waals surface area contributed by atoms with Crippen LogP contribution in [0.5, 0.6) is 0 Å². The van der Waals surface area contributed by atoms with Gasteiger partial charge in [-0.1, -0.05) is 29.3 Å². The molecule has 1 N–H and O–H groups in total. The molecule has 4 rings (SSSR count). The number of nitrogens with one attached hydrogen (secondary N) is 1. The second kappa shape index (κ2) is 11.8. The molecule has 2 aliphatic heterocycles. The summed E-state index contributed by atoms with van der Waals surface area (Å²) >= 11 is 12.5. The van der Waals surface area contributed by atoms with E-state index in [2.05, 4.69) is 57.8 Å². The Bertz CT molecular complexity index is 1010. The van der Waals surface area contributed by atoms with Gasteiger partial charge in [0.25, 0.3) is 0 Å². The van der Waals surface area contributed by atoms with Crippen LogP contribution >= 0.6 is 23.2 Å². The van der Waals surface area contributed by atoms with Crippen LogP contribution in [0.2, 0.25) is 10.0 Å². The number of piperazine rings is 2. The van der Waals surface area contributed by atoms with Gasteiger partial charge in [-0.3, -0.25) is 14.6 Å². The number of aryl methyl sites for hydroxylation is 1. The van der Waals surface area contributed by atoms with Crippen LogP contribution in [-0.2, 0) is 4.79 Å². The SMILES string of the molecule is Cc1cc(NC(=O)CCN2CCN(c3cccc(Cl)c3Cl)CC2)ccc1N1CCN(C(C)C)CC1. The molecule has 6 nitrogen and oxygen atoms in total. The molecule has 0 saturated carbocycles. The summed E-state index contributed by atoms with van der Waals surface area (Å²) < 4.78 is 0. The lowest BCUT2D eigenvalue weighted by Crippen LogP contribution is -2.49. The average molecular weight is 519 g/mol. The Morgan fingerprint density at radius 1 is 0.914 bits per heavy atom. The van der Waals surface area contributed by atoms with E-state index in [9.17, 15) is 4.79 Å². The lowest BCUT2D eigenvalue weighted by Gasteiger charge is -2.38. The Balaban J connectivity index is 1.22. The fourth-order valence-electron chi connectivity index (χ4n) is 5.00. The number of carbonyl (C=O) groups excluding carboxylic acids is 1. The highest BCUT2D eigenvalue weighted by Gasteiger charge is 2.22. The van der Waals surface area contributed by atoms with Crippen LogP contribution in [0.25, 0.3) is 0 Å². The monoisotopic (exact) mass is 517 g/mol. The highest BCUT2D eigenvalue weighted by Crippen LogP contribution is 2.33. The Morgan fingerprint density at radius 2 is 1.57 bits per heavy atom. The van der Waals surface area contributed by atoms with Gasteiger partial charge in [-0.25, -0.2) is 0 Å². The number of hydrogen-bond acceptors (Lipinski definition) is 5. The predicted octanol–water partition coefficient (Wildman–Crippen LogP) is 4.98. The standard InChI is InChI=1S/C27H37Cl2N5O/c1-20(2)32-15-17-33(18-16-32)24-8-7-22(19-21(24)3)30-26(35)9-10-31-11-13-34(14-12-31)25-6-4-5-23(28)27(25)29/h4-8,19-20H,9-18H2,1-3H3,(H,30,35). The molecular formula is C27H37Cl2N5O. The van der Waals surface area contributed by atoms with Crippen LogP contribution in [0, 0.1) is 6.92 Å². The molecule has 2 aromatic rings. The zero-order valence-electron chi connectivity index (χ0n) is 21.1. The zero-order chi connectivity index (χ0) is 24.9. The zero-order valence-corrected chi connectivity index (χ0v) is 22.6. The van der Waals surface area contributed by atoms with Gasteiger partial charge in [0.05, 0.1) is 15.7 Å². The molecule has 8 heteroatoms. The van der Waals surface area contributed by atoms with Gasteiger partial charge in [0.15, 0.2) is 0 Å². The van der Waals surface area contributed by atoms with Gasteiger partial charge in [0.2, 0.25) is 5.91 Å². The van der Waals surface area contributed by atoms with Crippen molar-refractivity contribution in [2.75, 3.05) is 74.0 Å². The number of carbonyl (C=O) groups is 1. The number of benzene rings is 2. The molecule has 0 spiro atoms. The minimum atomic E-state index is 0.0583. The molecule has 2 aromatic carbocycles. The van der Waals surface area contributed by atoms with Crippen LogP contribution in [0.15, 0.2) is 36.4 Å². The van der Waals surface area contributed by atoms with E-state index in [0.717, 1.165) is 70.3 Å². The Morgan fingerprint density at radius 3 is 2.23 bits per heavy atom. The number of hydrogen-bond donors (Lipinski definition) is 1. The average Bonchev–Trinajstić information content (AvgIpc) is 2.85. The van der Waals surface area contributed by atoms with Crippen LogP contribution in [0.3, 0.4) is 0 Å². The minimum absolute atomic E-state index is 0.0583. The summed E-state index contributed by atoms with van der Waals surface area (Å²) in [4.78, 5) is 22.2. The predicted molar refractivity (Wildman–Crippen MR) is 148 cm³/mol. The molecule has 2 aliphatic rings. The minimum Gasteiger partial charge on any atom is -0.369 e. The normalized spacial score (nSPS) is 17.8. The van der Waals surface area contributed by atoms with E-state index in [-0.39, 0.29) is 5.91 Å². The van der Waals surface area contributed by atoms with Crippen molar-refractivity contribution in [1.29, 1.82) is 0 Å². The van der Waals surface area contributed by atoms with Crippen LogP contribution < -0.4 is 15.1 Å². The molecule has 0 atom stereocenters. The molecule has 2 saturated heterocycles. The van der Waals surface area contributed by atoms with Crippen molar-refractivity contribution in [1.82, 2.24) is 9.80 Å². The van der Waals surface area contributed by atoms with Crippen molar-refractivity contribution in [3.63, 3.8) is 0 Å². The van der Waals surface area contributed by atoms with Gasteiger partial charge in [-0.15, -0.1) is 0 Å². The summed E-state index contributed by atoms with van der Waals surface area (Å²) in [6, 6.07) is 12.6. The second-order valence-corrected chi connectivity index (χ2v) is 10.6. The van der Waals surface area contributed by atoms with Crippen molar-refractivity contribution in [2.24, 2.45) is 0 Å². The van der Waals surface area contributed by atoms with E-state index < -0.39 is 0 Å². The van der Waals surface area contributed by atoms with Crippen LogP contribution in [-0.4, -0.2) is 80.7 Å². The fourth-order valence-corrected chi connectivity index (χ4v) is 5.41. The molecule has 0 aliphatic carbocycles. The summed E-state index contributed by atoms with van der Waals surface area (Å²) in [6.07, 6.45) is 0.482. The summed E-state index contributed by atoms with van der Waals surface area (Å²) in [5.41, 5.74) is 4.33. The molecule has 2 fully saturated rings. The number of anilines is 3. The van der Waals surface area contributed by atoms with Crippen molar-refractivity contribution in [2.45, 2.75) is 33.2 Å². The van der Waals surface area contributed by atoms with Gasteiger partial charge < -0.3 is 15.1 Å². The lowest BCUT2D eigenvalue weighted by atomic mass is 10.1. The summed E-state index contributed by atoms with van der Waals surface area (Å²) in [5, 5.41) is 4.28. The fraction of sp³-hybridized carbons (Fsp3) is 0.519. The van der Waals surface area contributed by atoms with E-state index in [1.54, 1.807) is 0 Å². The third kappa shape index (κ3) is 6.62. The Hall–Kier alpha value is -1.99. The quantitative estimate of drug-likeness (QED) is 0.560. The number of rotatable bonds is 7. The van der Waals surface area contributed by atoms with Crippen molar-refractivity contribution >= 4 is 46.2 Å². The first-order valence-electron chi connectivity index (χ1n) is 12.6. The van der Waals surface area contributed by atoms with Crippen molar-refractivity contribution in [3.05, 3.63) is 52.0 Å². The van der Waals surface area contributed by atoms with Crippen LogP contribution in [0.4, 0.5) is 17.1 Å². The molecule has 0 unspecified atom stereocenters. The van der Waals surface area contributed by atoms with Gasteiger partial charge in [0.1, 0.15) is 0 Å². The highest BCUT2D eigenvalue weighted by atomic mass is 35.5. The van der Waals surface area contributed by atoms with Gasteiger partial charge in [-0.2, -0.15) is 0 Å². The molecule has 2 heterocycles. The largest absolute Gasteiger partial charge is 0.369 e. The summed E-state index contributed by atoms with van der Waals surface area (Å²) in [5.74, 6) is 0.0583. The van der Waals surface area contributed by atoms with Gasteiger partial charge in [-0.05, 0) is 56.7 Å². The van der Waals surface area contributed by atoms with E-state index >= 15 is 0 Å². The molecular weight excluding hydrogens is 481 g/mol. The van der Waals surface area contributed by atoms with Crippen molar-refractivity contribution < 1.29 is 4.79 Å². The first-order valence-corrected chi connectivity index (χ1v) is 13.4. The number of halogens is 2. The third-order valence-electron chi connectivity index (χ3n) is 7.17. The van der Waals surface area contributed by atoms with Gasteiger partial charge >= 0.3 is 0 Å².